The Morgan fingerprint density at radius 3 is 2.73 bits per heavy atom. The number of ether oxygens (including phenoxy) is 1. The van der Waals surface area contributed by atoms with Crippen LogP contribution in [0.2, 0.25) is 0 Å². The van der Waals surface area contributed by atoms with Crippen molar-refractivity contribution < 1.29 is 9.53 Å². The lowest BCUT2D eigenvalue weighted by Crippen LogP contribution is -1.99. The average Bonchev–Trinajstić information content (AvgIpc) is 2.22. The third-order valence-corrected chi connectivity index (χ3v) is 2.21. The van der Waals surface area contributed by atoms with E-state index in [2.05, 4.69) is 13.5 Å². The van der Waals surface area contributed by atoms with E-state index < -0.39 is 0 Å². The first-order chi connectivity index (χ1) is 7.10. The fourth-order valence-corrected chi connectivity index (χ4v) is 1.35. The third-order valence-electron chi connectivity index (χ3n) is 2.21. The number of carbonyl (C=O) groups excluding carboxylic acids is 1. The standard InChI is InChI=1S/C13H22O2/c1-5-7-8-11(3)9-12(4)10-15-13(14)6-2/h5,10-11H,1,6-9H2,2-4H3/b12-10+. The Morgan fingerprint density at radius 2 is 2.20 bits per heavy atom. The maximum atomic E-state index is 10.9. The predicted octanol–water partition coefficient (Wildman–Crippen LogP) is 3.84. The molecule has 0 fully saturated rings. The molecule has 0 rings (SSSR count). The largest absolute Gasteiger partial charge is 0.435 e. The molecule has 15 heavy (non-hydrogen) atoms. The maximum Gasteiger partial charge on any atom is 0.310 e. The number of hydrogen-bond acceptors (Lipinski definition) is 2. The highest BCUT2D eigenvalue weighted by Gasteiger charge is 2.03. The van der Waals surface area contributed by atoms with Crippen molar-refractivity contribution in [2.45, 2.75) is 46.5 Å². The summed E-state index contributed by atoms with van der Waals surface area (Å²) in [5.41, 5.74) is 1.12. The maximum absolute atomic E-state index is 10.9. The Kier molecular flexibility index (Phi) is 7.69. The van der Waals surface area contributed by atoms with Crippen LogP contribution < -0.4 is 0 Å². The molecule has 0 aromatic heterocycles. The van der Waals surface area contributed by atoms with E-state index in [1.807, 2.05) is 13.0 Å². The summed E-state index contributed by atoms with van der Waals surface area (Å²) in [6, 6.07) is 0. The van der Waals surface area contributed by atoms with Crippen molar-refractivity contribution in [2.24, 2.45) is 5.92 Å². The van der Waals surface area contributed by atoms with Crippen molar-refractivity contribution in [3.8, 4) is 0 Å². The monoisotopic (exact) mass is 210 g/mol. The molecule has 86 valence electrons. The topological polar surface area (TPSA) is 26.3 Å². The van der Waals surface area contributed by atoms with Crippen LogP contribution in [-0.2, 0) is 9.53 Å². The molecule has 0 spiro atoms. The second kappa shape index (κ2) is 8.27. The molecule has 0 aromatic carbocycles. The van der Waals surface area contributed by atoms with Crippen LogP contribution in [0.5, 0.6) is 0 Å². The molecule has 0 heterocycles. The van der Waals surface area contributed by atoms with Gasteiger partial charge in [-0.1, -0.05) is 19.9 Å². The van der Waals surface area contributed by atoms with Gasteiger partial charge in [0, 0.05) is 6.42 Å². The zero-order valence-corrected chi connectivity index (χ0v) is 10.1. The van der Waals surface area contributed by atoms with Crippen molar-refractivity contribution in [1.29, 1.82) is 0 Å². The summed E-state index contributed by atoms with van der Waals surface area (Å²) in [5.74, 6) is 0.438. The summed E-state index contributed by atoms with van der Waals surface area (Å²) in [5, 5.41) is 0. The lowest BCUT2D eigenvalue weighted by molar-refractivity contribution is -0.137. The predicted molar refractivity (Wildman–Crippen MR) is 63.4 cm³/mol. The van der Waals surface area contributed by atoms with Crippen molar-refractivity contribution in [3.05, 3.63) is 24.5 Å². The molecule has 0 saturated heterocycles. The van der Waals surface area contributed by atoms with Gasteiger partial charge < -0.3 is 4.74 Å². The van der Waals surface area contributed by atoms with Gasteiger partial charge in [0.15, 0.2) is 0 Å². The molecule has 2 nitrogen and oxygen atoms in total. The van der Waals surface area contributed by atoms with Crippen molar-refractivity contribution >= 4 is 5.97 Å². The number of rotatable bonds is 7. The Labute approximate surface area is 93.0 Å². The molecule has 0 amide bonds. The quantitative estimate of drug-likeness (QED) is 0.362. The average molecular weight is 210 g/mol. The van der Waals surface area contributed by atoms with Gasteiger partial charge in [0.2, 0.25) is 0 Å². The first kappa shape index (κ1) is 13.9. The molecule has 2 heteroatoms. The highest BCUT2D eigenvalue weighted by molar-refractivity contribution is 5.69. The van der Waals surface area contributed by atoms with Crippen molar-refractivity contribution in [1.82, 2.24) is 0 Å². The van der Waals surface area contributed by atoms with Gasteiger partial charge in [-0.05, 0) is 37.7 Å². The van der Waals surface area contributed by atoms with Crippen LogP contribution in [0.25, 0.3) is 0 Å². The van der Waals surface area contributed by atoms with Crippen LogP contribution in [0.15, 0.2) is 24.5 Å². The Bertz CT molecular complexity index is 229. The second-order valence-electron chi connectivity index (χ2n) is 3.98. The number of esters is 1. The fraction of sp³-hybridized carbons (Fsp3) is 0.615. The first-order valence-electron chi connectivity index (χ1n) is 5.56. The Balaban J connectivity index is 3.84. The Hall–Kier alpha value is -1.05. The van der Waals surface area contributed by atoms with Crippen molar-refractivity contribution in [2.75, 3.05) is 0 Å². The Morgan fingerprint density at radius 1 is 1.53 bits per heavy atom. The van der Waals surface area contributed by atoms with E-state index in [1.54, 1.807) is 13.2 Å². The minimum absolute atomic E-state index is 0.173. The second-order valence-corrected chi connectivity index (χ2v) is 3.98. The van der Waals surface area contributed by atoms with Crippen LogP contribution in [0.1, 0.15) is 46.5 Å². The molecule has 0 bridgehead atoms. The van der Waals surface area contributed by atoms with Gasteiger partial charge in [0.1, 0.15) is 0 Å². The van der Waals surface area contributed by atoms with Gasteiger partial charge >= 0.3 is 5.97 Å². The highest BCUT2D eigenvalue weighted by Crippen LogP contribution is 2.16. The SMILES string of the molecule is C=CCCC(C)C/C(C)=C/OC(=O)CC. The molecule has 1 unspecified atom stereocenters. The van der Waals surface area contributed by atoms with E-state index in [4.69, 9.17) is 4.74 Å². The van der Waals surface area contributed by atoms with E-state index >= 15 is 0 Å². The number of allylic oxidation sites excluding steroid dienone is 2. The molecule has 1 atom stereocenters. The first-order valence-corrected chi connectivity index (χ1v) is 5.56. The lowest BCUT2D eigenvalue weighted by atomic mass is 9.98. The molecule has 0 radical (unpaired) electrons. The van der Waals surface area contributed by atoms with E-state index in [9.17, 15) is 4.79 Å². The summed E-state index contributed by atoms with van der Waals surface area (Å²) in [6.45, 7) is 9.68. The fourth-order valence-electron chi connectivity index (χ4n) is 1.35. The molecule has 0 aliphatic carbocycles. The van der Waals surface area contributed by atoms with Crippen LogP contribution in [0.3, 0.4) is 0 Å². The molecule has 0 aliphatic rings. The summed E-state index contributed by atoms with van der Waals surface area (Å²) in [7, 11) is 0. The number of hydrogen-bond donors (Lipinski definition) is 0. The van der Waals surface area contributed by atoms with Crippen LogP contribution >= 0.6 is 0 Å². The van der Waals surface area contributed by atoms with Gasteiger partial charge in [0.05, 0.1) is 6.26 Å². The van der Waals surface area contributed by atoms with E-state index in [0.717, 1.165) is 24.8 Å². The normalized spacial score (nSPS) is 13.4. The van der Waals surface area contributed by atoms with E-state index in [1.165, 1.54) is 0 Å². The van der Waals surface area contributed by atoms with Crippen molar-refractivity contribution in [3.63, 3.8) is 0 Å². The smallest absolute Gasteiger partial charge is 0.310 e. The van der Waals surface area contributed by atoms with Gasteiger partial charge in [0.25, 0.3) is 0 Å². The van der Waals surface area contributed by atoms with Crippen LogP contribution in [0.4, 0.5) is 0 Å². The molecule has 0 aromatic rings. The molecule has 0 aliphatic heterocycles. The minimum Gasteiger partial charge on any atom is -0.435 e. The summed E-state index contributed by atoms with van der Waals surface area (Å²) < 4.78 is 4.94. The van der Waals surface area contributed by atoms with E-state index in [-0.39, 0.29) is 5.97 Å². The minimum atomic E-state index is -0.173. The summed E-state index contributed by atoms with van der Waals surface area (Å²) >= 11 is 0. The summed E-state index contributed by atoms with van der Waals surface area (Å²) in [6.07, 6.45) is 7.10. The third kappa shape index (κ3) is 7.98. The highest BCUT2D eigenvalue weighted by atomic mass is 16.5. The molecular weight excluding hydrogens is 188 g/mol. The molecular formula is C13H22O2. The van der Waals surface area contributed by atoms with Crippen LogP contribution in [-0.4, -0.2) is 5.97 Å². The van der Waals surface area contributed by atoms with Gasteiger partial charge in [-0.15, -0.1) is 6.58 Å². The van der Waals surface area contributed by atoms with Gasteiger partial charge in [-0.2, -0.15) is 0 Å². The zero-order valence-electron chi connectivity index (χ0n) is 10.1. The van der Waals surface area contributed by atoms with E-state index in [0.29, 0.717) is 12.3 Å². The number of carbonyl (C=O) groups is 1. The zero-order chi connectivity index (χ0) is 11.7. The lowest BCUT2D eigenvalue weighted by Gasteiger charge is -2.09. The van der Waals surface area contributed by atoms with Gasteiger partial charge in [-0.25, -0.2) is 0 Å². The summed E-state index contributed by atoms with van der Waals surface area (Å²) in [4.78, 5) is 10.9. The van der Waals surface area contributed by atoms with Gasteiger partial charge in [-0.3, -0.25) is 4.79 Å². The molecule has 0 N–H and O–H groups in total. The van der Waals surface area contributed by atoms with Crippen LogP contribution in [0, 0.1) is 5.92 Å². The molecule has 0 saturated carbocycles.